The van der Waals surface area contributed by atoms with Crippen LogP contribution in [0.4, 0.5) is 4.39 Å². The Bertz CT molecular complexity index is 1100. The zero-order valence-electron chi connectivity index (χ0n) is 19.9. The molecule has 3 fully saturated rings. The van der Waals surface area contributed by atoms with Gasteiger partial charge in [-0.1, -0.05) is 47.5 Å². The smallest absolute Gasteiger partial charge is 0.166 e. The molecule has 0 aliphatic heterocycles. The Labute approximate surface area is 208 Å². The molecule has 182 valence electrons. The highest BCUT2D eigenvalue weighted by Crippen LogP contribution is 2.70. The maximum atomic E-state index is 17.3. The molecule has 1 N–H and O–H groups in total. The molecule has 4 aliphatic rings. The fourth-order valence-corrected chi connectivity index (χ4v) is 8.72. The topological polar surface area (TPSA) is 71.4 Å². The number of halogens is 2. The number of alkyl halides is 1. The lowest BCUT2D eigenvalue weighted by atomic mass is 9.44. The van der Waals surface area contributed by atoms with Crippen LogP contribution < -0.4 is 0 Å². The summed E-state index contributed by atoms with van der Waals surface area (Å²) in [4.78, 5) is 38.7. The average Bonchev–Trinajstić information content (AvgIpc) is 3.08. The van der Waals surface area contributed by atoms with Crippen molar-refractivity contribution in [3.8, 4) is 0 Å². The molecule has 4 aliphatic carbocycles. The van der Waals surface area contributed by atoms with E-state index in [-0.39, 0.29) is 36.1 Å². The zero-order chi connectivity index (χ0) is 24.6. The minimum Gasteiger partial charge on any atom is -0.390 e. The first kappa shape index (κ1) is 24.1. The molecule has 1 aromatic carbocycles. The summed E-state index contributed by atoms with van der Waals surface area (Å²) < 4.78 is 18.2. The van der Waals surface area contributed by atoms with Gasteiger partial charge in [0.15, 0.2) is 11.6 Å². The molecule has 0 spiro atoms. The summed E-state index contributed by atoms with van der Waals surface area (Å²) in [5.41, 5.74) is -2.05. The number of aliphatic hydroxyl groups is 1. The number of ketones is 3. The van der Waals surface area contributed by atoms with Gasteiger partial charge in [-0.05, 0) is 68.6 Å². The van der Waals surface area contributed by atoms with Gasteiger partial charge in [-0.25, -0.2) is 4.39 Å². The van der Waals surface area contributed by atoms with Gasteiger partial charge in [-0.2, -0.15) is 0 Å². The van der Waals surface area contributed by atoms with Crippen LogP contribution in [0, 0.1) is 34.5 Å². The first-order valence-corrected chi connectivity index (χ1v) is 13.1. The van der Waals surface area contributed by atoms with Gasteiger partial charge >= 0.3 is 0 Å². The van der Waals surface area contributed by atoms with Crippen molar-refractivity contribution in [1.29, 1.82) is 0 Å². The second-order valence-electron chi connectivity index (χ2n) is 11.5. The number of benzene rings is 1. The van der Waals surface area contributed by atoms with Crippen molar-refractivity contribution in [3.63, 3.8) is 0 Å². The van der Waals surface area contributed by atoms with Gasteiger partial charge in [0.25, 0.3) is 0 Å². The molecular formula is C28H32BrFO4. The Hall–Kier alpha value is -1.66. The number of hydrogen-bond donors (Lipinski definition) is 1. The minimum atomic E-state index is -1.88. The highest BCUT2D eigenvalue weighted by atomic mass is 79.9. The van der Waals surface area contributed by atoms with Crippen LogP contribution in [0.15, 0.2) is 40.4 Å². The third-order valence-electron chi connectivity index (χ3n) is 10.0. The number of carbonyl (C=O) groups excluding carboxylic acids is 3. The molecule has 6 heteroatoms. The van der Waals surface area contributed by atoms with Gasteiger partial charge < -0.3 is 5.11 Å². The van der Waals surface area contributed by atoms with Crippen molar-refractivity contribution in [3.05, 3.63) is 46.0 Å². The van der Waals surface area contributed by atoms with Gasteiger partial charge in [0.2, 0.25) is 0 Å². The summed E-state index contributed by atoms with van der Waals surface area (Å²) in [5.74, 6) is -1.83. The Morgan fingerprint density at radius 3 is 2.44 bits per heavy atom. The van der Waals surface area contributed by atoms with E-state index in [1.54, 1.807) is 18.2 Å². The second kappa shape index (κ2) is 7.92. The third-order valence-corrected chi connectivity index (χ3v) is 10.5. The fourth-order valence-electron chi connectivity index (χ4n) is 8.46. The van der Waals surface area contributed by atoms with E-state index in [1.165, 1.54) is 6.92 Å². The van der Waals surface area contributed by atoms with E-state index in [1.807, 2.05) is 26.0 Å². The maximum absolute atomic E-state index is 17.3. The predicted molar refractivity (Wildman–Crippen MR) is 130 cm³/mol. The standard InChI is InChI=1S/C28H32BrFO4/c1-15(31)24-20(25(34)16-4-7-18(29)8-5-16)13-22-21-9-6-17-12-19(32)10-11-27(17,3)28(21,30)23(33)14-26(22,24)2/h4-5,7-8,12,20-24,33H,6,9-11,13-14H2,1-3H3/t20-,21+,22+,23+,24+,26+,27+,28?/m1/s1. The molecule has 1 unspecified atom stereocenters. The highest BCUT2D eigenvalue weighted by Gasteiger charge is 2.72. The fraction of sp³-hybridized carbons (Fsp3) is 0.607. The molecular weight excluding hydrogens is 499 g/mol. The summed E-state index contributed by atoms with van der Waals surface area (Å²) in [6, 6.07) is 7.16. The van der Waals surface area contributed by atoms with Gasteiger partial charge in [-0.3, -0.25) is 14.4 Å². The van der Waals surface area contributed by atoms with Crippen LogP contribution in [0.5, 0.6) is 0 Å². The molecule has 8 atom stereocenters. The van der Waals surface area contributed by atoms with E-state index in [2.05, 4.69) is 15.9 Å². The summed E-state index contributed by atoms with van der Waals surface area (Å²) in [6.45, 7) is 5.38. The quantitative estimate of drug-likeness (QED) is 0.512. The largest absolute Gasteiger partial charge is 0.390 e. The summed E-state index contributed by atoms with van der Waals surface area (Å²) in [5, 5.41) is 11.4. The molecule has 34 heavy (non-hydrogen) atoms. The van der Waals surface area contributed by atoms with Gasteiger partial charge in [0.1, 0.15) is 11.5 Å². The molecule has 0 bridgehead atoms. The number of carbonyl (C=O) groups is 3. The number of rotatable bonds is 3. The van der Waals surface area contributed by atoms with E-state index in [0.717, 1.165) is 10.0 Å². The Morgan fingerprint density at radius 1 is 1.12 bits per heavy atom. The van der Waals surface area contributed by atoms with Crippen molar-refractivity contribution in [1.82, 2.24) is 0 Å². The maximum Gasteiger partial charge on any atom is 0.166 e. The van der Waals surface area contributed by atoms with Gasteiger partial charge in [0, 0.05) is 39.6 Å². The van der Waals surface area contributed by atoms with Crippen LogP contribution in [-0.4, -0.2) is 34.2 Å². The molecule has 4 nitrogen and oxygen atoms in total. The van der Waals surface area contributed by atoms with Crippen molar-refractivity contribution >= 4 is 33.3 Å². The molecule has 3 saturated carbocycles. The predicted octanol–water partition coefficient (Wildman–Crippen LogP) is 5.66. The molecule has 0 saturated heterocycles. The van der Waals surface area contributed by atoms with Gasteiger partial charge in [-0.15, -0.1) is 0 Å². The lowest BCUT2D eigenvalue weighted by molar-refractivity contribution is -0.208. The van der Waals surface area contributed by atoms with Crippen molar-refractivity contribution < 1.29 is 23.9 Å². The lowest BCUT2D eigenvalue weighted by Gasteiger charge is -2.62. The normalized spacial score (nSPS) is 43.4. The van der Waals surface area contributed by atoms with E-state index in [0.29, 0.717) is 31.2 Å². The number of Topliss-reactive ketones (excluding diaryl/α,β-unsaturated/α-hetero) is 2. The molecule has 0 amide bonds. The molecule has 0 heterocycles. The number of allylic oxidation sites excluding steroid dienone is 1. The average molecular weight is 531 g/mol. The van der Waals surface area contributed by atoms with Crippen molar-refractivity contribution in [2.75, 3.05) is 0 Å². The van der Waals surface area contributed by atoms with Gasteiger partial charge in [0.05, 0.1) is 6.10 Å². The van der Waals surface area contributed by atoms with E-state index >= 15 is 4.39 Å². The SMILES string of the molecule is CC(=O)[C@H]1[C@H](C(=O)c2ccc(Br)cc2)C[C@H]2[C@@H]3CCC4=CC(=O)CC[C@]4(C)C3(F)[C@@H](O)C[C@@]21C. The first-order valence-electron chi connectivity index (χ1n) is 12.3. The molecule has 0 radical (unpaired) electrons. The summed E-state index contributed by atoms with van der Waals surface area (Å²) in [7, 11) is 0. The molecule has 1 aromatic rings. The van der Waals surface area contributed by atoms with E-state index < -0.39 is 40.4 Å². The van der Waals surface area contributed by atoms with E-state index in [4.69, 9.17) is 0 Å². The van der Waals surface area contributed by atoms with Crippen LogP contribution in [0.2, 0.25) is 0 Å². The van der Waals surface area contributed by atoms with Crippen LogP contribution in [0.25, 0.3) is 0 Å². The van der Waals surface area contributed by atoms with Crippen LogP contribution in [-0.2, 0) is 9.59 Å². The Morgan fingerprint density at radius 2 is 1.79 bits per heavy atom. The monoisotopic (exact) mass is 530 g/mol. The van der Waals surface area contributed by atoms with E-state index in [9.17, 15) is 19.5 Å². The summed E-state index contributed by atoms with van der Waals surface area (Å²) in [6.07, 6.45) is 2.78. The molecule has 0 aromatic heterocycles. The van der Waals surface area contributed by atoms with Crippen molar-refractivity contribution in [2.24, 2.45) is 34.5 Å². The third kappa shape index (κ3) is 3.13. The highest BCUT2D eigenvalue weighted by molar-refractivity contribution is 9.10. The number of aliphatic hydroxyl groups excluding tert-OH is 1. The number of hydrogen-bond acceptors (Lipinski definition) is 4. The Balaban J connectivity index is 1.57. The first-order chi connectivity index (χ1) is 15.9. The number of fused-ring (bicyclic) bond motifs is 5. The second-order valence-corrected chi connectivity index (χ2v) is 12.4. The lowest BCUT2D eigenvalue weighted by Crippen LogP contribution is -2.67. The zero-order valence-corrected chi connectivity index (χ0v) is 21.5. The Kier molecular flexibility index (Phi) is 5.61. The van der Waals surface area contributed by atoms with Crippen molar-refractivity contribution in [2.45, 2.75) is 71.1 Å². The molecule has 5 rings (SSSR count). The van der Waals surface area contributed by atoms with Crippen LogP contribution in [0.1, 0.15) is 69.7 Å². The van der Waals surface area contributed by atoms with Crippen LogP contribution >= 0.6 is 15.9 Å². The summed E-state index contributed by atoms with van der Waals surface area (Å²) >= 11 is 3.40. The van der Waals surface area contributed by atoms with Crippen LogP contribution in [0.3, 0.4) is 0 Å². The minimum absolute atomic E-state index is 0.0299.